The molecular formula is C15H24N2O2S. The Hall–Kier alpha value is -0.910. The van der Waals surface area contributed by atoms with Gasteiger partial charge in [-0.3, -0.25) is 0 Å². The third-order valence-corrected chi connectivity index (χ3v) is 5.41. The lowest BCUT2D eigenvalue weighted by Gasteiger charge is -2.17. The van der Waals surface area contributed by atoms with Crippen molar-refractivity contribution in [2.24, 2.45) is 0 Å². The van der Waals surface area contributed by atoms with E-state index in [9.17, 15) is 8.42 Å². The highest BCUT2D eigenvalue weighted by atomic mass is 32.2. The third-order valence-electron chi connectivity index (χ3n) is 3.96. The fourth-order valence-electron chi connectivity index (χ4n) is 2.49. The van der Waals surface area contributed by atoms with Gasteiger partial charge in [-0.2, -0.15) is 0 Å². The quantitative estimate of drug-likeness (QED) is 0.871. The molecule has 112 valence electrons. The van der Waals surface area contributed by atoms with Crippen LogP contribution in [-0.4, -0.2) is 40.0 Å². The van der Waals surface area contributed by atoms with Crippen LogP contribution >= 0.6 is 0 Å². The first-order valence-electron chi connectivity index (χ1n) is 7.33. The smallest absolute Gasteiger partial charge is 0.240 e. The lowest BCUT2D eigenvalue weighted by atomic mass is 9.92. The summed E-state index contributed by atoms with van der Waals surface area (Å²) in [5, 5.41) is 0. The predicted octanol–water partition coefficient (Wildman–Crippen LogP) is 1.80. The van der Waals surface area contributed by atoms with E-state index in [2.05, 4.69) is 16.5 Å². The van der Waals surface area contributed by atoms with Crippen LogP contribution in [0.1, 0.15) is 30.9 Å². The van der Waals surface area contributed by atoms with Gasteiger partial charge in [0.2, 0.25) is 10.0 Å². The summed E-state index contributed by atoms with van der Waals surface area (Å²) in [7, 11) is -1.39. The maximum absolute atomic E-state index is 12.3. The van der Waals surface area contributed by atoms with Crippen LogP contribution in [0, 0.1) is 0 Å². The minimum absolute atomic E-state index is 0.400. The highest BCUT2D eigenvalue weighted by Crippen LogP contribution is 2.23. The van der Waals surface area contributed by atoms with Gasteiger partial charge in [-0.15, -0.1) is 0 Å². The number of nitrogens with zero attached hydrogens (tertiary/aromatic N) is 1. The summed E-state index contributed by atoms with van der Waals surface area (Å²) >= 11 is 0. The van der Waals surface area contributed by atoms with E-state index in [1.54, 1.807) is 6.07 Å². The van der Waals surface area contributed by atoms with Crippen LogP contribution < -0.4 is 4.72 Å². The molecule has 1 aliphatic rings. The molecule has 0 saturated carbocycles. The second-order valence-corrected chi connectivity index (χ2v) is 7.20. The van der Waals surface area contributed by atoms with Gasteiger partial charge in [-0.1, -0.05) is 13.0 Å². The normalized spacial score (nSPS) is 15.3. The van der Waals surface area contributed by atoms with E-state index in [1.165, 1.54) is 17.5 Å². The van der Waals surface area contributed by atoms with E-state index in [1.807, 2.05) is 19.2 Å². The first-order valence-corrected chi connectivity index (χ1v) is 8.81. The summed E-state index contributed by atoms with van der Waals surface area (Å²) < 4.78 is 27.2. The highest BCUT2D eigenvalue weighted by Gasteiger charge is 2.17. The number of fused-ring (bicyclic) bond motifs is 1. The Labute approximate surface area is 122 Å². The summed E-state index contributed by atoms with van der Waals surface area (Å²) in [5.74, 6) is 0. The van der Waals surface area contributed by atoms with Crippen molar-refractivity contribution in [3.05, 3.63) is 29.3 Å². The molecule has 0 saturated heterocycles. The molecule has 20 heavy (non-hydrogen) atoms. The Bertz CT molecular complexity index is 555. The molecule has 1 aromatic rings. The number of benzene rings is 1. The molecule has 0 heterocycles. The van der Waals surface area contributed by atoms with Crippen molar-refractivity contribution in [3.63, 3.8) is 0 Å². The van der Waals surface area contributed by atoms with Gasteiger partial charge in [0.1, 0.15) is 0 Å². The van der Waals surface area contributed by atoms with Gasteiger partial charge in [0, 0.05) is 13.1 Å². The van der Waals surface area contributed by atoms with E-state index < -0.39 is 10.0 Å². The summed E-state index contributed by atoms with van der Waals surface area (Å²) in [6, 6.07) is 5.55. The van der Waals surface area contributed by atoms with Crippen LogP contribution in [-0.2, 0) is 22.9 Å². The fraction of sp³-hybridized carbons (Fsp3) is 0.600. The molecule has 0 fully saturated rings. The number of rotatable bonds is 6. The van der Waals surface area contributed by atoms with Crippen molar-refractivity contribution in [1.29, 1.82) is 0 Å². The van der Waals surface area contributed by atoms with Gasteiger partial charge in [0.15, 0.2) is 0 Å². The lowest BCUT2D eigenvalue weighted by Crippen LogP contribution is -2.33. The first kappa shape index (κ1) is 15.5. The molecule has 0 aromatic heterocycles. The molecule has 2 rings (SSSR count). The molecule has 1 aromatic carbocycles. The molecule has 0 aliphatic heterocycles. The minimum atomic E-state index is -3.37. The zero-order chi connectivity index (χ0) is 14.6. The van der Waals surface area contributed by atoms with Crippen molar-refractivity contribution < 1.29 is 8.42 Å². The monoisotopic (exact) mass is 296 g/mol. The van der Waals surface area contributed by atoms with E-state index >= 15 is 0 Å². The maximum Gasteiger partial charge on any atom is 0.240 e. The number of likely N-dealkylation sites (N-methyl/N-ethyl adjacent to an activating group) is 1. The van der Waals surface area contributed by atoms with Gasteiger partial charge in [-0.05, 0) is 62.5 Å². The molecule has 1 aliphatic carbocycles. The second-order valence-electron chi connectivity index (χ2n) is 5.43. The van der Waals surface area contributed by atoms with Crippen molar-refractivity contribution >= 4 is 10.0 Å². The van der Waals surface area contributed by atoms with E-state index in [0.29, 0.717) is 11.4 Å². The number of hydrogen-bond donors (Lipinski definition) is 1. The second kappa shape index (κ2) is 6.70. The van der Waals surface area contributed by atoms with Gasteiger partial charge < -0.3 is 4.90 Å². The largest absolute Gasteiger partial charge is 0.305 e. The van der Waals surface area contributed by atoms with E-state index in [0.717, 1.165) is 32.4 Å². The summed E-state index contributed by atoms with van der Waals surface area (Å²) in [6.45, 7) is 4.14. The van der Waals surface area contributed by atoms with Crippen LogP contribution in [0.3, 0.4) is 0 Å². The van der Waals surface area contributed by atoms with Gasteiger partial charge in [0.05, 0.1) is 4.90 Å². The Morgan fingerprint density at radius 2 is 1.90 bits per heavy atom. The first-order chi connectivity index (χ1) is 9.53. The fourth-order valence-corrected chi connectivity index (χ4v) is 3.56. The molecule has 4 nitrogen and oxygen atoms in total. The summed E-state index contributed by atoms with van der Waals surface area (Å²) in [4.78, 5) is 2.48. The van der Waals surface area contributed by atoms with Crippen LogP contribution in [0.5, 0.6) is 0 Å². The van der Waals surface area contributed by atoms with Gasteiger partial charge >= 0.3 is 0 Å². The Morgan fingerprint density at radius 3 is 2.60 bits per heavy atom. The molecule has 0 unspecified atom stereocenters. The van der Waals surface area contributed by atoms with Crippen LogP contribution in [0.2, 0.25) is 0 Å². The number of sulfonamides is 1. The Kier molecular flexibility index (Phi) is 5.18. The molecule has 0 atom stereocenters. The standard InChI is InChI=1S/C15H24N2O2S/c1-3-17(2)11-10-16-20(18,19)15-9-8-13-6-4-5-7-14(13)12-15/h8-9,12,16H,3-7,10-11H2,1-2H3. The summed E-state index contributed by atoms with van der Waals surface area (Å²) in [6.07, 6.45) is 4.44. The molecule has 0 radical (unpaired) electrons. The zero-order valence-corrected chi connectivity index (χ0v) is 13.2. The predicted molar refractivity (Wildman–Crippen MR) is 81.4 cm³/mol. The molecule has 0 spiro atoms. The molecule has 0 amide bonds. The van der Waals surface area contributed by atoms with Crippen molar-refractivity contribution in [2.45, 2.75) is 37.5 Å². The molecular weight excluding hydrogens is 272 g/mol. The zero-order valence-electron chi connectivity index (χ0n) is 12.4. The third kappa shape index (κ3) is 3.81. The molecule has 5 heteroatoms. The number of aryl methyl sites for hydroxylation is 2. The summed E-state index contributed by atoms with van der Waals surface area (Å²) in [5.41, 5.74) is 2.51. The van der Waals surface area contributed by atoms with Crippen LogP contribution in [0.15, 0.2) is 23.1 Å². The number of hydrogen-bond acceptors (Lipinski definition) is 3. The van der Waals surface area contributed by atoms with Crippen molar-refractivity contribution in [1.82, 2.24) is 9.62 Å². The Morgan fingerprint density at radius 1 is 1.20 bits per heavy atom. The van der Waals surface area contributed by atoms with E-state index in [-0.39, 0.29) is 0 Å². The Balaban J connectivity index is 2.05. The molecule has 0 bridgehead atoms. The lowest BCUT2D eigenvalue weighted by molar-refractivity contribution is 0.358. The average Bonchev–Trinajstić information content (AvgIpc) is 2.46. The molecule has 1 N–H and O–H groups in total. The topological polar surface area (TPSA) is 49.4 Å². The maximum atomic E-state index is 12.3. The highest BCUT2D eigenvalue weighted by molar-refractivity contribution is 7.89. The SMILES string of the molecule is CCN(C)CCNS(=O)(=O)c1ccc2c(c1)CCCC2. The van der Waals surface area contributed by atoms with Gasteiger partial charge in [0.25, 0.3) is 0 Å². The van der Waals surface area contributed by atoms with Crippen LogP contribution in [0.4, 0.5) is 0 Å². The number of nitrogens with one attached hydrogen (secondary N) is 1. The van der Waals surface area contributed by atoms with Gasteiger partial charge in [-0.25, -0.2) is 13.1 Å². The van der Waals surface area contributed by atoms with Crippen LogP contribution in [0.25, 0.3) is 0 Å². The average molecular weight is 296 g/mol. The van der Waals surface area contributed by atoms with Crippen molar-refractivity contribution in [2.75, 3.05) is 26.7 Å². The minimum Gasteiger partial charge on any atom is -0.305 e. The van der Waals surface area contributed by atoms with E-state index in [4.69, 9.17) is 0 Å². The van der Waals surface area contributed by atoms with Crippen molar-refractivity contribution in [3.8, 4) is 0 Å².